The number of aryl methyl sites for hydroxylation is 2. The van der Waals surface area contributed by atoms with Gasteiger partial charge in [-0.1, -0.05) is 45.0 Å². The second kappa shape index (κ2) is 10.00. The van der Waals surface area contributed by atoms with Crippen molar-refractivity contribution >= 4 is 17.6 Å². The minimum Gasteiger partial charge on any atom is -0.454 e. The minimum absolute atomic E-state index is 0.130. The second-order valence-corrected chi connectivity index (χ2v) is 7.48. The maximum absolute atomic E-state index is 12.3. The van der Waals surface area contributed by atoms with E-state index in [1.165, 1.54) is 24.1 Å². The Morgan fingerprint density at radius 3 is 2.37 bits per heavy atom. The van der Waals surface area contributed by atoms with E-state index in [-0.39, 0.29) is 35.6 Å². The fourth-order valence-electron chi connectivity index (χ4n) is 3.23. The monoisotopic (exact) mass is 416 g/mol. The molecule has 0 bridgehead atoms. The number of ether oxygens (including phenoxy) is 1. The van der Waals surface area contributed by atoms with Crippen LogP contribution in [0, 0.1) is 29.9 Å². The summed E-state index contributed by atoms with van der Waals surface area (Å²) in [7, 11) is 0. The van der Waals surface area contributed by atoms with Crippen molar-refractivity contribution in [3.05, 3.63) is 56.9 Å². The molecule has 1 heterocycles. The number of aromatic nitrogens is 2. The third-order valence-corrected chi connectivity index (χ3v) is 4.90. The summed E-state index contributed by atoms with van der Waals surface area (Å²) in [4.78, 5) is 34.9. The number of benzene rings is 1. The predicted octanol–water partition coefficient (Wildman–Crippen LogP) is 3.03. The summed E-state index contributed by atoms with van der Waals surface area (Å²) in [5.41, 5.74) is 2.54. The molecule has 1 aromatic heterocycles. The van der Waals surface area contributed by atoms with Gasteiger partial charge < -0.3 is 10.1 Å². The van der Waals surface area contributed by atoms with E-state index in [1.807, 2.05) is 38.1 Å². The normalized spacial score (nSPS) is 11.9. The molecule has 0 unspecified atom stereocenters. The van der Waals surface area contributed by atoms with Gasteiger partial charge in [-0.25, -0.2) is 0 Å². The van der Waals surface area contributed by atoms with Crippen molar-refractivity contribution in [3.8, 4) is 0 Å². The fourth-order valence-corrected chi connectivity index (χ4v) is 3.23. The van der Waals surface area contributed by atoms with E-state index in [4.69, 9.17) is 4.74 Å². The summed E-state index contributed by atoms with van der Waals surface area (Å²) in [6.45, 7) is 8.35. The molecule has 0 saturated carbocycles. The van der Waals surface area contributed by atoms with Crippen LogP contribution in [0.25, 0.3) is 0 Å². The molecule has 0 saturated heterocycles. The maximum atomic E-state index is 12.3. The molecular weight excluding hydrogens is 388 g/mol. The number of carbonyl (C=O) groups is 2. The molecule has 1 N–H and O–H groups in total. The molecule has 30 heavy (non-hydrogen) atoms. The van der Waals surface area contributed by atoms with Crippen LogP contribution in [0.1, 0.15) is 49.3 Å². The summed E-state index contributed by atoms with van der Waals surface area (Å²) in [6.07, 6.45) is 0.938. The first kappa shape index (κ1) is 23.1. The third-order valence-electron chi connectivity index (χ3n) is 4.90. The average molecular weight is 416 g/mol. The highest BCUT2D eigenvalue weighted by atomic mass is 16.6. The van der Waals surface area contributed by atoms with Gasteiger partial charge in [0.1, 0.15) is 17.9 Å². The summed E-state index contributed by atoms with van der Waals surface area (Å²) < 4.78 is 6.25. The Kier molecular flexibility index (Phi) is 7.68. The van der Waals surface area contributed by atoms with E-state index >= 15 is 0 Å². The van der Waals surface area contributed by atoms with E-state index in [0.717, 1.165) is 12.0 Å². The molecule has 0 aliphatic rings. The summed E-state index contributed by atoms with van der Waals surface area (Å²) in [6, 6.07) is 7.84. The van der Waals surface area contributed by atoms with Gasteiger partial charge in [-0.05, 0) is 37.3 Å². The maximum Gasteiger partial charge on any atom is 0.328 e. The molecule has 0 aliphatic heterocycles. The van der Waals surface area contributed by atoms with Crippen molar-refractivity contribution in [1.82, 2.24) is 15.1 Å². The van der Waals surface area contributed by atoms with Gasteiger partial charge in [-0.15, -0.1) is 0 Å². The molecule has 0 spiro atoms. The lowest BCUT2D eigenvalue weighted by atomic mass is 9.95. The van der Waals surface area contributed by atoms with E-state index in [2.05, 4.69) is 17.3 Å². The van der Waals surface area contributed by atoms with E-state index in [1.54, 1.807) is 0 Å². The zero-order valence-corrected chi connectivity index (χ0v) is 18.0. The Balaban J connectivity index is 1.94. The first-order chi connectivity index (χ1) is 14.1. The van der Waals surface area contributed by atoms with Crippen molar-refractivity contribution in [2.75, 3.05) is 6.61 Å². The van der Waals surface area contributed by atoms with Crippen molar-refractivity contribution in [3.63, 3.8) is 0 Å². The van der Waals surface area contributed by atoms with Gasteiger partial charge in [-0.3, -0.25) is 24.4 Å². The average Bonchev–Trinajstić information content (AvgIpc) is 2.97. The van der Waals surface area contributed by atoms with Crippen LogP contribution in [0.15, 0.2) is 24.3 Å². The third kappa shape index (κ3) is 5.65. The lowest BCUT2D eigenvalue weighted by Gasteiger charge is -2.23. The van der Waals surface area contributed by atoms with Crippen LogP contribution in [-0.2, 0) is 27.3 Å². The molecule has 1 amide bonds. The zero-order chi connectivity index (χ0) is 22.4. The van der Waals surface area contributed by atoms with Crippen LogP contribution in [0.3, 0.4) is 0 Å². The first-order valence-electron chi connectivity index (χ1n) is 9.86. The SMILES string of the molecule is CCc1ccc([C@@H](NC(=O)COC(=O)Cn2nc(C)c([N+](=O)[O-])c2C)C(C)C)cc1. The highest BCUT2D eigenvalue weighted by Gasteiger charge is 2.24. The lowest BCUT2D eigenvalue weighted by Crippen LogP contribution is -2.35. The molecule has 9 nitrogen and oxygen atoms in total. The Morgan fingerprint density at radius 2 is 1.87 bits per heavy atom. The Morgan fingerprint density at radius 1 is 1.23 bits per heavy atom. The topological polar surface area (TPSA) is 116 Å². The number of nitrogens with zero attached hydrogens (tertiary/aromatic N) is 3. The van der Waals surface area contributed by atoms with Gasteiger partial charge in [0, 0.05) is 0 Å². The molecule has 0 fully saturated rings. The molecule has 1 aromatic carbocycles. The fraction of sp³-hybridized carbons (Fsp3) is 0.476. The smallest absolute Gasteiger partial charge is 0.328 e. The largest absolute Gasteiger partial charge is 0.454 e. The Labute approximate surface area is 175 Å². The van der Waals surface area contributed by atoms with Gasteiger partial charge in [0.05, 0.1) is 11.0 Å². The highest BCUT2D eigenvalue weighted by Crippen LogP contribution is 2.23. The van der Waals surface area contributed by atoms with Gasteiger partial charge in [0.25, 0.3) is 5.91 Å². The molecule has 162 valence electrons. The van der Waals surface area contributed by atoms with Gasteiger partial charge >= 0.3 is 11.7 Å². The van der Waals surface area contributed by atoms with Crippen LogP contribution in [-0.4, -0.2) is 33.2 Å². The summed E-state index contributed by atoms with van der Waals surface area (Å²) in [5, 5.41) is 17.9. The lowest BCUT2D eigenvalue weighted by molar-refractivity contribution is -0.386. The number of esters is 1. The van der Waals surface area contributed by atoms with Crippen molar-refractivity contribution in [2.45, 2.75) is 53.6 Å². The number of nitrogens with one attached hydrogen (secondary N) is 1. The quantitative estimate of drug-likeness (QED) is 0.381. The first-order valence-corrected chi connectivity index (χ1v) is 9.86. The number of rotatable bonds is 9. The molecule has 2 rings (SSSR count). The van der Waals surface area contributed by atoms with Crippen LogP contribution in [0.5, 0.6) is 0 Å². The van der Waals surface area contributed by atoms with Crippen LogP contribution in [0.4, 0.5) is 5.69 Å². The van der Waals surface area contributed by atoms with E-state index in [9.17, 15) is 19.7 Å². The van der Waals surface area contributed by atoms with Gasteiger partial charge in [-0.2, -0.15) is 5.10 Å². The Hall–Kier alpha value is -3.23. The number of carbonyl (C=O) groups excluding carboxylic acids is 2. The summed E-state index contributed by atoms with van der Waals surface area (Å²) >= 11 is 0. The van der Waals surface area contributed by atoms with Crippen molar-refractivity contribution in [2.24, 2.45) is 5.92 Å². The minimum atomic E-state index is -0.695. The van der Waals surface area contributed by atoms with Crippen molar-refractivity contribution in [1.29, 1.82) is 0 Å². The van der Waals surface area contributed by atoms with E-state index < -0.39 is 23.4 Å². The van der Waals surface area contributed by atoms with Crippen LogP contribution < -0.4 is 5.32 Å². The van der Waals surface area contributed by atoms with Gasteiger partial charge in [0.2, 0.25) is 0 Å². The number of hydrogen-bond acceptors (Lipinski definition) is 6. The molecule has 9 heteroatoms. The molecule has 0 aliphatic carbocycles. The van der Waals surface area contributed by atoms with Crippen LogP contribution >= 0.6 is 0 Å². The van der Waals surface area contributed by atoms with Crippen molar-refractivity contribution < 1.29 is 19.2 Å². The van der Waals surface area contributed by atoms with Gasteiger partial charge in [0.15, 0.2) is 6.61 Å². The molecule has 1 atom stereocenters. The highest BCUT2D eigenvalue weighted by molar-refractivity contribution is 5.80. The van der Waals surface area contributed by atoms with E-state index in [0.29, 0.717) is 0 Å². The molecular formula is C21H28N4O5. The molecule has 0 radical (unpaired) electrons. The number of nitro groups is 1. The zero-order valence-electron chi connectivity index (χ0n) is 18.0. The standard InChI is InChI=1S/C21H28N4O5/c1-6-16-7-9-17(10-8-16)20(13(2)3)22-18(26)12-30-19(27)11-24-15(5)21(25(28)29)14(4)23-24/h7-10,13,20H,6,11-12H2,1-5H3,(H,22,26)/t20-/m0/s1. The Bertz CT molecular complexity index is 918. The number of amides is 1. The summed E-state index contributed by atoms with van der Waals surface area (Å²) in [5.74, 6) is -0.965. The number of hydrogen-bond donors (Lipinski definition) is 1. The molecule has 2 aromatic rings. The predicted molar refractivity (Wildman–Crippen MR) is 111 cm³/mol. The van der Waals surface area contributed by atoms with Crippen LogP contribution in [0.2, 0.25) is 0 Å². The second-order valence-electron chi connectivity index (χ2n) is 7.48.